The molecule has 2 fully saturated rings. The third-order valence-electron chi connectivity index (χ3n) is 6.86. The Balaban J connectivity index is 1.19. The molecular weight excluding hydrogens is 418 g/mol. The molecule has 1 atom stereocenters. The Morgan fingerprint density at radius 1 is 1.12 bits per heavy atom. The maximum Gasteiger partial charge on any atom is 0.256 e. The van der Waals surface area contributed by atoms with Crippen LogP contribution in [0.2, 0.25) is 0 Å². The number of rotatable bonds is 9. The van der Waals surface area contributed by atoms with Gasteiger partial charge in [-0.25, -0.2) is 0 Å². The zero-order chi connectivity index (χ0) is 23.1. The molecule has 1 amide bonds. The number of carbonyl (C=O) groups is 1. The molecule has 7 heteroatoms. The summed E-state index contributed by atoms with van der Waals surface area (Å²) < 4.78 is 16.8. The highest BCUT2D eigenvalue weighted by molar-refractivity contribution is 5.96. The summed E-state index contributed by atoms with van der Waals surface area (Å²) in [4.78, 5) is 19.4. The van der Waals surface area contributed by atoms with Crippen molar-refractivity contribution >= 4 is 5.91 Å². The number of methoxy groups -OCH3 is 2. The van der Waals surface area contributed by atoms with Crippen LogP contribution in [-0.2, 0) is 11.2 Å². The van der Waals surface area contributed by atoms with E-state index >= 15 is 0 Å². The lowest BCUT2D eigenvalue weighted by Gasteiger charge is -2.39. The van der Waals surface area contributed by atoms with Gasteiger partial charge in [-0.15, -0.1) is 0 Å². The van der Waals surface area contributed by atoms with Crippen LogP contribution in [0.1, 0.15) is 48.0 Å². The molecule has 2 aromatic rings. The van der Waals surface area contributed by atoms with E-state index in [-0.39, 0.29) is 23.5 Å². The molecule has 2 saturated heterocycles. The number of piperidine rings is 1. The molecule has 0 saturated carbocycles. The molecule has 1 N–H and O–H groups in total. The van der Waals surface area contributed by atoms with Crippen LogP contribution in [0.15, 0.2) is 42.5 Å². The van der Waals surface area contributed by atoms with Gasteiger partial charge >= 0.3 is 0 Å². The van der Waals surface area contributed by atoms with Crippen molar-refractivity contribution in [2.24, 2.45) is 0 Å². The van der Waals surface area contributed by atoms with E-state index in [0.717, 1.165) is 51.7 Å². The van der Waals surface area contributed by atoms with Crippen LogP contribution in [0.25, 0.3) is 0 Å². The molecule has 1 aromatic heterocycles. The highest BCUT2D eigenvalue weighted by Gasteiger charge is 2.42. The van der Waals surface area contributed by atoms with Crippen molar-refractivity contribution < 1.29 is 19.0 Å². The first kappa shape index (κ1) is 23.5. The van der Waals surface area contributed by atoms with E-state index in [1.165, 1.54) is 26.2 Å². The molecule has 2 aliphatic heterocycles. The smallest absolute Gasteiger partial charge is 0.256 e. The number of amides is 1. The average Bonchev–Trinajstić information content (AvgIpc) is 3.26. The Kier molecular flexibility index (Phi) is 7.83. The molecule has 33 heavy (non-hydrogen) atoms. The van der Waals surface area contributed by atoms with Crippen molar-refractivity contribution in [3.05, 3.63) is 53.6 Å². The molecule has 0 unspecified atom stereocenters. The fourth-order valence-electron chi connectivity index (χ4n) is 4.91. The monoisotopic (exact) mass is 453 g/mol. The average molecular weight is 454 g/mol. The summed E-state index contributed by atoms with van der Waals surface area (Å²) in [5, 5.41) is 2.99. The van der Waals surface area contributed by atoms with Gasteiger partial charge in [0.15, 0.2) is 0 Å². The van der Waals surface area contributed by atoms with Crippen LogP contribution in [0.5, 0.6) is 11.8 Å². The number of ether oxygens (including phenoxy) is 3. The maximum atomic E-state index is 12.7. The van der Waals surface area contributed by atoms with Crippen molar-refractivity contribution in [2.45, 2.75) is 50.2 Å². The summed E-state index contributed by atoms with van der Waals surface area (Å²) >= 11 is 0. The number of aryl methyl sites for hydroxylation is 1. The normalized spacial score (nSPS) is 20.0. The number of hydrogen-bond acceptors (Lipinski definition) is 6. The van der Waals surface area contributed by atoms with Gasteiger partial charge in [-0.2, -0.15) is 4.98 Å². The molecule has 178 valence electrons. The summed E-state index contributed by atoms with van der Waals surface area (Å²) in [6, 6.07) is 14.0. The van der Waals surface area contributed by atoms with Crippen LogP contribution in [0.4, 0.5) is 0 Å². The minimum atomic E-state index is -0.209. The summed E-state index contributed by atoms with van der Waals surface area (Å²) in [5.74, 6) is 0.464. The molecule has 2 aliphatic rings. The number of pyridine rings is 1. The third-order valence-corrected chi connectivity index (χ3v) is 6.86. The van der Waals surface area contributed by atoms with Gasteiger partial charge in [-0.3, -0.25) is 4.79 Å². The van der Waals surface area contributed by atoms with Gasteiger partial charge in [0.05, 0.1) is 25.9 Å². The molecule has 0 bridgehead atoms. The Morgan fingerprint density at radius 2 is 1.91 bits per heavy atom. The van der Waals surface area contributed by atoms with Crippen LogP contribution in [0, 0.1) is 0 Å². The number of nitrogens with zero attached hydrogens (tertiary/aromatic N) is 2. The SMILES string of the molecule is COc1ccc(C(=O)NC[C@H]2CCC3(CCN(CCCc4ccccc4)CC3)O2)c(OC)n1. The van der Waals surface area contributed by atoms with E-state index in [9.17, 15) is 4.79 Å². The lowest BCUT2D eigenvalue weighted by Crippen LogP contribution is -2.45. The van der Waals surface area contributed by atoms with Crippen molar-refractivity contribution in [2.75, 3.05) is 40.4 Å². The molecule has 1 spiro atoms. The molecule has 0 aliphatic carbocycles. The number of nitrogens with one attached hydrogen (secondary N) is 1. The zero-order valence-corrected chi connectivity index (χ0v) is 19.7. The van der Waals surface area contributed by atoms with Gasteiger partial charge in [0.1, 0.15) is 5.56 Å². The maximum absolute atomic E-state index is 12.7. The Hall–Kier alpha value is -2.64. The molecule has 1 aromatic carbocycles. The van der Waals surface area contributed by atoms with E-state index < -0.39 is 0 Å². The predicted octanol–water partition coefficient (Wildman–Crippen LogP) is 3.48. The Morgan fingerprint density at radius 3 is 2.64 bits per heavy atom. The van der Waals surface area contributed by atoms with E-state index in [4.69, 9.17) is 14.2 Å². The Labute approximate surface area is 196 Å². The zero-order valence-electron chi connectivity index (χ0n) is 19.7. The Bertz CT molecular complexity index is 913. The summed E-state index contributed by atoms with van der Waals surface area (Å²) in [6.07, 6.45) is 6.56. The lowest BCUT2D eigenvalue weighted by atomic mass is 9.88. The third kappa shape index (κ3) is 6.03. The van der Waals surface area contributed by atoms with Crippen molar-refractivity contribution in [3.8, 4) is 11.8 Å². The van der Waals surface area contributed by atoms with Crippen molar-refractivity contribution in [1.29, 1.82) is 0 Å². The summed E-state index contributed by atoms with van der Waals surface area (Å²) in [6.45, 7) is 3.81. The summed E-state index contributed by atoms with van der Waals surface area (Å²) in [7, 11) is 3.03. The molecular formula is C26H35N3O4. The van der Waals surface area contributed by atoms with Gasteiger partial charge in [0.25, 0.3) is 5.91 Å². The second-order valence-electron chi connectivity index (χ2n) is 9.01. The minimum absolute atomic E-state index is 0.0231. The fourth-order valence-corrected chi connectivity index (χ4v) is 4.91. The number of aromatic nitrogens is 1. The lowest BCUT2D eigenvalue weighted by molar-refractivity contribution is -0.0754. The van der Waals surface area contributed by atoms with Crippen molar-refractivity contribution in [1.82, 2.24) is 15.2 Å². The largest absolute Gasteiger partial charge is 0.481 e. The van der Waals surface area contributed by atoms with Crippen LogP contribution >= 0.6 is 0 Å². The topological polar surface area (TPSA) is 72.9 Å². The fraction of sp³-hybridized carbons (Fsp3) is 0.538. The highest BCUT2D eigenvalue weighted by atomic mass is 16.5. The van der Waals surface area contributed by atoms with Crippen LogP contribution < -0.4 is 14.8 Å². The van der Waals surface area contributed by atoms with E-state index in [1.54, 1.807) is 12.1 Å². The molecule has 7 nitrogen and oxygen atoms in total. The van der Waals surface area contributed by atoms with Gasteiger partial charge in [-0.1, -0.05) is 30.3 Å². The first-order chi connectivity index (χ1) is 16.1. The van der Waals surface area contributed by atoms with Gasteiger partial charge in [0.2, 0.25) is 11.8 Å². The van der Waals surface area contributed by atoms with Gasteiger partial charge in [-0.05, 0) is 56.7 Å². The van der Waals surface area contributed by atoms with Gasteiger partial charge in [0, 0.05) is 25.7 Å². The molecule has 4 rings (SSSR count). The van der Waals surface area contributed by atoms with E-state index in [1.807, 2.05) is 0 Å². The minimum Gasteiger partial charge on any atom is -0.481 e. The standard InChI is InChI=1S/C26H35N3O4/c1-31-23-11-10-22(25(28-23)32-2)24(30)27-19-21-12-13-26(33-21)14-17-29(18-15-26)16-6-9-20-7-4-3-5-8-20/h3-5,7-8,10-11,21H,6,9,12-19H2,1-2H3,(H,27,30)/t21-/m1/s1. The number of carbonyl (C=O) groups excluding carboxylic acids is 1. The summed E-state index contributed by atoms with van der Waals surface area (Å²) in [5.41, 5.74) is 1.79. The highest BCUT2D eigenvalue weighted by Crippen LogP contribution is 2.38. The number of hydrogen-bond donors (Lipinski definition) is 1. The first-order valence-corrected chi connectivity index (χ1v) is 11.9. The second-order valence-corrected chi connectivity index (χ2v) is 9.01. The quantitative estimate of drug-likeness (QED) is 0.627. The molecule has 3 heterocycles. The number of likely N-dealkylation sites (tertiary alicyclic amines) is 1. The first-order valence-electron chi connectivity index (χ1n) is 11.9. The van der Waals surface area contributed by atoms with E-state index in [2.05, 4.69) is 45.5 Å². The number of benzene rings is 1. The van der Waals surface area contributed by atoms with Crippen LogP contribution in [0.3, 0.4) is 0 Å². The molecule has 0 radical (unpaired) electrons. The van der Waals surface area contributed by atoms with Crippen LogP contribution in [-0.4, -0.2) is 67.9 Å². The van der Waals surface area contributed by atoms with Gasteiger partial charge < -0.3 is 24.4 Å². The predicted molar refractivity (Wildman–Crippen MR) is 127 cm³/mol. The van der Waals surface area contributed by atoms with Crippen molar-refractivity contribution in [3.63, 3.8) is 0 Å². The van der Waals surface area contributed by atoms with E-state index in [0.29, 0.717) is 18.0 Å². The second kappa shape index (κ2) is 11.0.